The van der Waals surface area contributed by atoms with Gasteiger partial charge in [-0.25, -0.2) is 0 Å². The van der Waals surface area contributed by atoms with Crippen LogP contribution >= 0.6 is 15.9 Å². The number of allylic oxidation sites excluding steroid dienone is 1. The zero-order valence-electron chi connectivity index (χ0n) is 14.1. The molecule has 0 radical (unpaired) electrons. The summed E-state index contributed by atoms with van der Waals surface area (Å²) in [6.07, 6.45) is 1.85. The fourth-order valence-corrected chi connectivity index (χ4v) is 3.08. The Morgan fingerprint density at radius 2 is 1.79 bits per heavy atom. The molecule has 24 heavy (non-hydrogen) atoms. The molecule has 0 unspecified atom stereocenters. The van der Waals surface area contributed by atoms with Crippen LogP contribution in [0.4, 0.5) is 5.69 Å². The molecule has 124 valence electrons. The van der Waals surface area contributed by atoms with E-state index in [2.05, 4.69) is 22.0 Å². The number of hydrogen-bond donors (Lipinski definition) is 0. The molecule has 5 heteroatoms. The first-order valence-electron chi connectivity index (χ1n) is 7.31. The molecule has 0 heterocycles. The van der Waals surface area contributed by atoms with E-state index in [0.717, 1.165) is 21.3 Å². The van der Waals surface area contributed by atoms with E-state index in [0.29, 0.717) is 17.1 Å². The molecule has 4 nitrogen and oxygen atoms in total. The average Bonchev–Trinajstić information content (AvgIpc) is 2.58. The van der Waals surface area contributed by atoms with Crippen molar-refractivity contribution in [1.29, 1.82) is 5.26 Å². The Labute approximate surface area is 151 Å². The second kappa shape index (κ2) is 7.89. The van der Waals surface area contributed by atoms with E-state index < -0.39 is 0 Å². The van der Waals surface area contributed by atoms with Crippen LogP contribution in [0.3, 0.4) is 0 Å². The second-order valence-corrected chi connectivity index (χ2v) is 6.20. The van der Waals surface area contributed by atoms with Crippen molar-refractivity contribution in [3.8, 4) is 17.6 Å². The van der Waals surface area contributed by atoms with E-state index in [1.54, 1.807) is 26.4 Å². The van der Waals surface area contributed by atoms with Gasteiger partial charge in [-0.3, -0.25) is 0 Å². The van der Waals surface area contributed by atoms with Crippen LogP contribution < -0.4 is 14.4 Å². The Morgan fingerprint density at radius 3 is 2.33 bits per heavy atom. The summed E-state index contributed by atoms with van der Waals surface area (Å²) in [5.41, 5.74) is 3.36. The van der Waals surface area contributed by atoms with E-state index in [1.165, 1.54) is 0 Å². The van der Waals surface area contributed by atoms with Crippen molar-refractivity contribution < 1.29 is 9.47 Å². The molecule has 0 N–H and O–H groups in total. The molecule has 2 rings (SSSR count). The Bertz CT molecular complexity index is 807. The zero-order valence-corrected chi connectivity index (χ0v) is 15.7. The van der Waals surface area contributed by atoms with E-state index >= 15 is 0 Å². The van der Waals surface area contributed by atoms with E-state index in [1.807, 2.05) is 49.3 Å². The number of nitrogens with zero attached hydrogens (tertiary/aromatic N) is 2. The van der Waals surface area contributed by atoms with Crippen molar-refractivity contribution in [3.05, 3.63) is 52.0 Å². The highest BCUT2D eigenvalue weighted by Gasteiger charge is 2.09. The first-order valence-corrected chi connectivity index (χ1v) is 8.10. The van der Waals surface area contributed by atoms with Crippen LogP contribution in [0.5, 0.6) is 11.5 Å². The van der Waals surface area contributed by atoms with Gasteiger partial charge >= 0.3 is 0 Å². The maximum absolute atomic E-state index is 9.53. The minimum atomic E-state index is 0.556. The van der Waals surface area contributed by atoms with Crippen LogP contribution in [0, 0.1) is 11.3 Å². The number of anilines is 1. The normalized spacial score (nSPS) is 10.9. The number of halogens is 1. The van der Waals surface area contributed by atoms with Gasteiger partial charge in [0.1, 0.15) is 0 Å². The van der Waals surface area contributed by atoms with Gasteiger partial charge in [0.25, 0.3) is 0 Å². The highest BCUT2D eigenvalue weighted by molar-refractivity contribution is 9.10. The average molecular weight is 387 g/mol. The number of ether oxygens (including phenoxy) is 2. The summed E-state index contributed by atoms with van der Waals surface area (Å²) in [5.74, 6) is 1.23. The third-order valence-corrected chi connectivity index (χ3v) is 4.21. The molecule has 0 spiro atoms. The predicted octanol–water partition coefficient (Wildman–Crippen LogP) is 4.60. The van der Waals surface area contributed by atoms with Crippen molar-refractivity contribution in [2.45, 2.75) is 0 Å². The number of benzene rings is 2. The molecule has 0 fully saturated rings. The molecule has 0 aliphatic rings. The standard InChI is InChI=1S/C19H19BrN2O2/c1-22(2)17-7-5-13(10-16(17)20)9-15(12-21)14-6-8-18(23-3)19(11-14)24-4/h5-11H,1-4H3/b15-9-. The minimum Gasteiger partial charge on any atom is -0.493 e. The van der Waals surface area contributed by atoms with Crippen LogP contribution in [0.25, 0.3) is 11.6 Å². The summed E-state index contributed by atoms with van der Waals surface area (Å²) in [6.45, 7) is 0. The van der Waals surface area contributed by atoms with Gasteiger partial charge in [-0.05, 0) is 63.5 Å². The summed E-state index contributed by atoms with van der Waals surface area (Å²) in [6, 6.07) is 13.7. The van der Waals surface area contributed by atoms with Gasteiger partial charge in [0.2, 0.25) is 0 Å². The smallest absolute Gasteiger partial charge is 0.161 e. The van der Waals surface area contributed by atoms with Crippen LogP contribution in [0.1, 0.15) is 11.1 Å². The molecule has 0 aliphatic carbocycles. The van der Waals surface area contributed by atoms with Crippen LogP contribution in [-0.2, 0) is 0 Å². The van der Waals surface area contributed by atoms with Gasteiger partial charge in [-0.1, -0.05) is 6.07 Å². The summed E-state index contributed by atoms with van der Waals surface area (Å²) in [5, 5.41) is 9.53. The molecule has 0 aromatic heterocycles. The van der Waals surface area contributed by atoms with Gasteiger partial charge in [-0.15, -0.1) is 0 Å². The van der Waals surface area contributed by atoms with Crippen LogP contribution in [-0.4, -0.2) is 28.3 Å². The highest BCUT2D eigenvalue weighted by Crippen LogP contribution is 2.32. The number of hydrogen-bond acceptors (Lipinski definition) is 4. The number of methoxy groups -OCH3 is 2. The Morgan fingerprint density at radius 1 is 1.08 bits per heavy atom. The van der Waals surface area contributed by atoms with Crippen molar-refractivity contribution in [1.82, 2.24) is 0 Å². The lowest BCUT2D eigenvalue weighted by Gasteiger charge is -2.14. The molecule has 2 aromatic rings. The molecule has 0 saturated carbocycles. The quantitative estimate of drug-likeness (QED) is 0.556. The maximum Gasteiger partial charge on any atom is 0.161 e. The third kappa shape index (κ3) is 3.90. The zero-order chi connectivity index (χ0) is 17.7. The molecule has 0 aliphatic heterocycles. The molecule has 0 atom stereocenters. The Hall–Kier alpha value is -2.45. The van der Waals surface area contributed by atoms with Crippen molar-refractivity contribution in [3.63, 3.8) is 0 Å². The lowest BCUT2D eigenvalue weighted by Crippen LogP contribution is -2.09. The molecule has 0 bridgehead atoms. The van der Waals surface area contributed by atoms with E-state index in [9.17, 15) is 5.26 Å². The number of nitriles is 1. The van der Waals surface area contributed by atoms with Crippen molar-refractivity contribution in [2.24, 2.45) is 0 Å². The fourth-order valence-electron chi connectivity index (χ4n) is 2.33. The summed E-state index contributed by atoms with van der Waals surface area (Å²) in [7, 11) is 7.14. The Kier molecular flexibility index (Phi) is 5.88. The van der Waals surface area contributed by atoms with Crippen LogP contribution in [0.15, 0.2) is 40.9 Å². The summed E-state index contributed by atoms with van der Waals surface area (Å²) < 4.78 is 11.5. The minimum absolute atomic E-state index is 0.556. The predicted molar refractivity (Wildman–Crippen MR) is 101 cm³/mol. The monoisotopic (exact) mass is 386 g/mol. The fraction of sp³-hybridized carbons (Fsp3) is 0.211. The third-order valence-electron chi connectivity index (χ3n) is 3.58. The van der Waals surface area contributed by atoms with Gasteiger partial charge in [0.05, 0.1) is 31.5 Å². The Balaban J connectivity index is 2.43. The van der Waals surface area contributed by atoms with Gasteiger partial charge in [0.15, 0.2) is 11.5 Å². The van der Waals surface area contributed by atoms with Crippen LogP contribution in [0.2, 0.25) is 0 Å². The lowest BCUT2D eigenvalue weighted by atomic mass is 10.0. The summed E-state index contributed by atoms with van der Waals surface area (Å²) >= 11 is 3.57. The molecule has 0 saturated heterocycles. The van der Waals surface area contributed by atoms with E-state index in [4.69, 9.17) is 9.47 Å². The topological polar surface area (TPSA) is 45.5 Å². The van der Waals surface area contributed by atoms with Gasteiger partial charge < -0.3 is 14.4 Å². The summed E-state index contributed by atoms with van der Waals surface area (Å²) in [4.78, 5) is 2.02. The first kappa shape index (κ1) is 17.9. The number of rotatable bonds is 5. The van der Waals surface area contributed by atoms with Crippen molar-refractivity contribution in [2.75, 3.05) is 33.2 Å². The molecular formula is C19H19BrN2O2. The molecular weight excluding hydrogens is 368 g/mol. The first-order chi connectivity index (χ1) is 11.5. The SMILES string of the molecule is COc1ccc(/C(C#N)=C\c2ccc(N(C)C)c(Br)c2)cc1OC. The lowest BCUT2D eigenvalue weighted by molar-refractivity contribution is 0.355. The van der Waals surface area contributed by atoms with Gasteiger partial charge in [0, 0.05) is 18.6 Å². The van der Waals surface area contributed by atoms with Crippen molar-refractivity contribution >= 4 is 33.3 Å². The highest BCUT2D eigenvalue weighted by atomic mass is 79.9. The van der Waals surface area contributed by atoms with E-state index in [-0.39, 0.29) is 0 Å². The van der Waals surface area contributed by atoms with Gasteiger partial charge in [-0.2, -0.15) is 5.26 Å². The maximum atomic E-state index is 9.53. The molecule has 2 aromatic carbocycles. The molecule has 0 amide bonds. The largest absolute Gasteiger partial charge is 0.493 e. The second-order valence-electron chi connectivity index (χ2n) is 5.34.